The number of likely N-dealkylation sites (tertiary alicyclic amines) is 1. The Balaban J connectivity index is 1.48. The SMILES string of the molecule is CCNC(=NCC1(N2CCCC2)CCOCC1)NCCCN1CCOCC1. The maximum Gasteiger partial charge on any atom is 0.191 e. The summed E-state index contributed by atoms with van der Waals surface area (Å²) in [4.78, 5) is 10.2. The second-order valence-electron chi connectivity index (χ2n) is 7.96. The van der Waals surface area contributed by atoms with E-state index in [1.807, 2.05) is 0 Å². The highest BCUT2D eigenvalue weighted by Gasteiger charge is 2.39. The van der Waals surface area contributed by atoms with Crippen molar-refractivity contribution in [2.24, 2.45) is 4.99 Å². The van der Waals surface area contributed by atoms with Gasteiger partial charge in [-0.15, -0.1) is 0 Å². The van der Waals surface area contributed by atoms with Gasteiger partial charge in [-0.2, -0.15) is 0 Å². The van der Waals surface area contributed by atoms with Gasteiger partial charge in [-0.1, -0.05) is 0 Å². The first-order valence-corrected chi connectivity index (χ1v) is 11.0. The summed E-state index contributed by atoms with van der Waals surface area (Å²) in [5.41, 5.74) is 0.199. The quantitative estimate of drug-likeness (QED) is 0.370. The van der Waals surface area contributed by atoms with Crippen molar-refractivity contribution in [3.63, 3.8) is 0 Å². The fourth-order valence-electron chi connectivity index (χ4n) is 4.42. The van der Waals surface area contributed by atoms with Crippen LogP contribution in [0.25, 0.3) is 0 Å². The third-order valence-electron chi connectivity index (χ3n) is 6.12. The molecule has 0 aromatic carbocycles. The zero-order valence-electron chi connectivity index (χ0n) is 17.2. The summed E-state index contributed by atoms with van der Waals surface area (Å²) in [5.74, 6) is 0.963. The maximum absolute atomic E-state index is 5.66. The second kappa shape index (κ2) is 11.2. The molecule has 3 heterocycles. The van der Waals surface area contributed by atoms with E-state index < -0.39 is 0 Å². The van der Waals surface area contributed by atoms with E-state index in [9.17, 15) is 0 Å². The van der Waals surface area contributed by atoms with Crippen molar-refractivity contribution < 1.29 is 9.47 Å². The number of hydrogen-bond acceptors (Lipinski definition) is 5. The number of nitrogens with one attached hydrogen (secondary N) is 2. The Morgan fingerprint density at radius 3 is 2.37 bits per heavy atom. The number of aliphatic imine (C=N–C) groups is 1. The van der Waals surface area contributed by atoms with Gasteiger partial charge >= 0.3 is 0 Å². The molecule has 7 nitrogen and oxygen atoms in total. The van der Waals surface area contributed by atoms with E-state index in [2.05, 4.69) is 27.4 Å². The van der Waals surface area contributed by atoms with Crippen molar-refractivity contribution in [1.82, 2.24) is 20.4 Å². The first kappa shape index (κ1) is 20.8. The van der Waals surface area contributed by atoms with E-state index in [-0.39, 0.29) is 5.54 Å². The molecule has 0 unspecified atom stereocenters. The van der Waals surface area contributed by atoms with Crippen molar-refractivity contribution in [3.05, 3.63) is 0 Å². The molecule has 156 valence electrons. The Hall–Kier alpha value is -0.890. The fraction of sp³-hybridized carbons (Fsp3) is 0.950. The van der Waals surface area contributed by atoms with Crippen LogP contribution in [0, 0.1) is 0 Å². The number of ether oxygens (including phenoxy) is 2. The molecule has 0 radical (unpaired) electrons. The van der Waals surface area contributed by atoms with E-state index in [4.69, 9.17) is 14.5 Å². The van der Waals surface area contributed by atoms with Crippen LogP contribution in [0.15, 0.2) is 4.99 Å². The minimum absolute atomic E-state index is 0.199. The smallest absolute Gasteiger partial charge is 0.191 e. The monoisotopic (exact) mass is 381 g/mol. The highest BCUT2D eigenvalue weighted by molar-refractivity contribution is 5.79. The summed E-state index contributed by atoms with van der Waals surface area (Å²) in [6.45, 7) is 14.1. The molecule has 0 aromatic heterocycles. The van der Waals surface area contributed by atoms with E-state index >= 15 is 0 Å². The van der Waals surface area contributed by atoms with Crippen LogP contribution in [0.4, 0.5) is 0 Å². The second-order valence-corrected chi connectivity index (χ2v) is 7.96. The molecule has 3 rings (SSSR count). The van der Waals surface area contributed by atoms with Gasteiger partial charge in [0, 0.05) is 44.9 Å². The molecule has 0 amide bonds. The summed E-state index contributed by atoms with van der Waals surface area (Å²) in [5, 5.41) is 6.96. The molecule has 3 saturated heterocycles. The van der Waals surface area contributed by atoms with Crippen LogP contribution in [0.5, 0.6) is 0 Å². The highest BCUT2D eigenvalue weighted by atomic mass is 16.5. The van der Waals surface area contributed by atoms with Crippen LogP contribution in [0.1, 0.15) is 39.0 Å². The van der Waals surface area contributed by atoms with Gasteiger partial charge in [-0.25, -0.2) is 0 Å². The lowest BCUT2D eigenvalue weighted by molar-refractivity contribution is -0.0139. The summed E-state index contributed by atoms with van der Waals surface area (Å²) in [7, 11) is 0. The molecular formula is C20H39N5O2. The van der Waals surface area contributed by atoms with Crippen molar-refractivity contribution >= 4 is 5.96 Å². The van der Waals surface area contributed by atoms with Crippen molar-refractivity contribution in [1.29, 1.82) is 0 Å². The van der Waals surface area contributed by atoms with Gasteiger partial charge in [-0.3, -0.25) is 14.8 Å². The molecule has 0 bridgehead atoms. The summed E-state index contributed by atoms with van der Waals surface area (Å²) in [6.07, 6.45) is 5.99. The standard InChI is InChI=1S/C20H39N5O2/c1-2-21-19(22-8-5-9-24-12-16-27-17-13-24)23-18-20(6-14-26-15-7-20)25-10-3-4-11-25/h2-18H2,1H3,(H2,21,22,23). The average molecular weight is 382 g/mol. The molecule has 0 aromatic rings. The molecule has 3 aliphatic heterocycles. The lowest BCUT2D eigenvalue weighted by atomic mass is 9.88. The van der Waals surface area contributed by atoms with Gasteiger partial charge in [0.15, 0.2) is 5.96 Å². The van der Waals surface area contributed by atoms with E-state index in [0.717, 1.165) is 90.9 Å². The number of morpholine rings is 1. The van der Waals surface area contributed by atoms with Gasteiger partial charge < -0.3 is 20.1 Å². The average Bonchev–Trinajstić information content (AvgIpc) is 3.26. The van der Waals surface area contributed by atoms with E-state index in [1.54, 1.807) is 0 Å². The maximum atomic E-state index is 5.66. The highest BCUT2D eigenvalue weighted by Crippen LogP contribution is 2.31. The van der Waals surface area contributed by atoms with Crippen LogP contribution in [0.3, 0.4) is 0 Å². The predicted octanol–water partition coefficient (Wildman–Crippen LogP) is 0.909. The van der Waals surface area contributed by atoms with E-state index in [1.165, 1.54) is 25.9 Å². The molecule has 7 heteroatoms. The lowest BCUT2D eigenvalue weighted by Gasteiger charge is -2.43. The van der Waals surface area contributed by atoms with Crippen molar-refractivity contribution in [3.8, 4) is 0 Å². The topological polar surface area (TPSA) is 61.4 Å². The van der Waals surface area contributed by atoms with Gasteiger partial charge in [-0.05, 0) is 58.7 Å². The van der Waals surface area contributed by atoms with Gasteiger partial charge in [0.25, 0.3) is 0 Å². The first-order valence-electron chi connectivity index (χ1n) is 11.0. The largest absolute Gasteiger partial charge is 0.381 e. The summed E-state index contributed by atoms with van der Waals surface area (Å²) < 4.78 is 11.1. The fourth-order valence-corrected chi connectivity index (χ4v) is 4.42. The number of nitrogens with zero attached hydrogens (tertiary/aromatic N) is 3. The molecule has 0 spiro atoms. The van der Waals surface area contributed by atoms with Crippen LogP contribution < -0.4 is 10.6 Å². The molecule has 27 heavy (non-hydrogen) atoms. The van der Waals surface area contributed by atoms with Crippen molar-refractivity contribution in [2.75, 3.05) is 78.8 Å². The Morgan fingerprint density at radius 1 is 0.963 bits per heavy atom. The molecule has 3 fully saturated rings. The zero-order valence-corrected chi connectivity index (χ0v) is 17.2. The number of rotatable bonds is 8. The van der Waals surface area contributed by atoms with Gasteiger partial charge in [0.05, 0.1) is 19.8 Å². The van der Waals surface area contributed by atoms with Gasteiger partial charge in [0.2, 0.25) is 0 Å². The number of hydrogen-bond donors (Lipinski definition) is 2. The van der Waals surface area contributed by atoms with Gasteiger partial charge in [0.1, 0.15) is 0 Å². The zero-order chi connectivity index (χ0) is 18.8. The predicted molar refractivity (Wildman–Crippen MR) is 109 cm³/mol. The molecule has 0 aliphatic carbocycles. The Kier molecular flexibility index (Phi) is 8.64. The van der Waals surface area contributed by atoms with Crippen LogP contribution in [-0.2, 0) is 9.47 Å². The third kappa shape index (κ3) is 6.31. The summed E-state index contributed by atoms with van der Waals surface area (Å²) in [6, 6.07) is 0. The first-order chi connectivity index (χ1) is 13.3. The van der Waals surface area contributed by atoms with Crippen LogP contribution in [-0.4, -0.2) is 100 Å². The third-order valence-corrected chi connectivity index (χ3v) is 6.12. The Bertz CT molecular complexity index is 442. The van der Waals surface area contributed by atoms with E-state index in [0.29, 0.717) is 0 Å². The summed E-state index contributed by atoms with van der Waals surface area (Å²) >= 11 is 0. The van der Waals surface area contributed by atoms with Crippen LogP contribution in [0.2, 0.25) is 0 Å². The molecule has 0 saturated carbocycles. The Labute approximate surface area is 164 Å². The van der Waals surface area contributed by atoms with Crippen LogP contribution >= 0.6 is 0 Å². The van der Waals surface area contributed by atoms with Crippen molar-refractivity contribution in [2.45, 2.75) is 44.6 Å². The minimum atomic E-state index is 0.199. The molecular weight excluding hydrogens is 342 g/mol. The molecule has 0 atom stereocenters. The normalized spacial score (nSPS) is 24.9. The molecule has 2 N–H and O–H groups in total. The minimum Gasteiger partial charge on any atom is -0.381 e. The lowest BCUT2D eigenvalue weighted by Crippen LogP contribution is -2.54. The number of guanidine groups is 1. The Morgan fingerprint density at radius 2 is 1.67 bits per heavy atom. The molecule has 3 aliphatic rings.